The Morgan fingerprint density at radius 2 is 1.83 bits per heavy atom. The van der Waals surface area contributed by atoms with Crippen LogP contribution in [0.5, 0.6) is 0 Å². The fraction of sp³-hybridized carbons (Fsp3) is 0.316. The SMILES string of the molecule is O=C(c1ccc(Br)cc1F)N1CCCN(Cc2ccccc2)CC1. The van der Waals surface area contributed by atoms with Crippen LogP contribution in [0.1, 0.15) is 22.3 Å². The molecule has 0 atom stereocenters. The molecule has 1 amide bonds. The molecule has 0 aliphatic carbocycles. The highest BCUT2D eigenvalue weighted by atomic mass is 79.9. The van der Waals surface area contributed by atoms with Gasteiger partial charge in [-0.05, 0) is 30.2 Å². The first-order valence-electron chi connectivity index (χ1n) is 8.14. The summed E-state index contributed by atoms with van der Waals surface area (Å²) in [5.74, 6) is -0.693. The van der Waals surface area contributed by atoms with Crippen LogP contribution < -0.4 is 0 Å². The van der Waals surface area contributed by atoms with Gasteiger partial charge in [-0.2, -0.15) is 0 Å². The van der Waals surface area contributed by atoms with E-state index in [1.54, 1.807) is 17.0 Å². The maximum Gasteiger partial charge on any atom is 0.256 e. The lowest BCUT2D eigenvalue weighted by Gasteiger charge is -2.22. The van der Waals surface area contributed by atoms with E-state index in [0.29, 0.717) is 17.6 Å². The number of rotatable bonds is 3. The van der Waals surface area contributed by atoms with Crippen LogP contribution in [-0.4, -0.2) is 41.9 Å². The largest absolute Gasteiger partial charge is 0.337 e. The summed E-state index contributed by atoms with van der Waals surface area (Å²) in [6.07, 6.45) is 0.900. The maximum atomic E-state index is 14.0. The molecule has 3 rings (SSSR count). The Kier molecular flexibility index (Phi) is 5.63. The van der Waals surface area contributed by atoms with Gasteiger partial charge in [0.2, 0.25) is 0 Å². The number of benzene rings is 2. The topological polar surface area (TPSA) is 23.6 Å². The Balaban J connectivity index is 1.63. The minimum Gasteiger partial charge on any atom is -0.337 e. The highest BCUT2D eigenvalue weighted by Gasteiger charge is 2.22. The van der Waals surface area contributed by atoms with Crippen LogP contribution in [0.3, 0.4) is 0 Å². The van der Waals surface area contributed by atoms with Crippen molar-refractivity contribution < 1.29 is 9.18 Å². The average molecular weight is 391 g/mol. The minimum atomic E-state index is -0.472. The van der Waals surface area contributed by atoms with Crippen molar-refractivity contribution in [3.63, 3.8) is 0 Å². The first-order chi connectivity index (χ1) is 11.6. The van der Waals surface area contributed by atoms with E-state index in [1.165, 1.54) is 11.6 Å². The molecular formula is C19H20BrFN2O. The molecule has 126 valence electrons. The van der Waals surface area contributed by atoms with Crippen molar-refractivity contribution in [2.75, 3.05) is 26.2 Å². The Morgan fingerprint density at radius 1 is 1.04 bits per heavy atom. The van der Waals surface area contributed by atoms with E-state index in [4.69, 9.17) is 0 Å². The molecule has 24 heavy (non-hydrogen) atoms. The van der Waals surface area contributed by atoms with Gasteiger partial charge < -0.3 is 4.90 Å². The van der Waals surface area contributed by atoms with Crippen molar-refractivity contribution in [1.29, 1.82) is 0 Å². The van der Waals surface area contributed by atoms with E-state index in [0.717, 1.165) is 26.1 Å². The highest BCUT2D eigenvalue weighted by molar-refractivity contribution is 9.10. The Hall–Kier alpha value is -1.72. The van der Waals surface area contributed by atoms with E-state index in [-0.39, 0.29) is 11.5 Å². The van der Waals surface area contributed by atoms with Crippen LogP contribution in [0.4, 0.5) is 4.39 Å². The summed E-state index contributed by atoms with van der Waals surface area (Å²) in [6.45, 7) is 3.93. The number of nitrogens with zero attached hydrogens (tertiary/aromatic N) is 2. The third kappa shape index (κ3) is 4.22. The normalized spacial score (nSPS) is 16.0. The summed E-state index contributed by atoms with van der Waals surface area (Å²) in [5, 5.41) is 0. The van der Waals surface area contributed by atoms with Gasteiger partial charge in [0.05, 0.1) is 5.56 Å². The molecular weight excluding hydrogens is 371 g/mol. The molecule has 0 N–H and O–H groups in total. The fourth-order valence-electron chi connectivity index (χ4n) is 3.01. The van der Waals surface area contributed by atoms with E-state index >= 15 is 0 Å². The van der Waals surface area contributed by atoms with Gasteiger partial charge in [0.1, 0.15) is 5.82 Å². The predicted octanol–water partition coefficient (Wildman–Crippen LogP) is 3.94. The Labute approximate surface area is 150 Å². The standard InChI is InChI=1S/C19H20BrFN2O/c20-16-7-8-17(18(21)13-16)19(24)23-10-4-9-22(11-12-23)14-15-5-2-1-3-6-15/h1-3,5-8,13H,4,9-12,14H2. The van der Waals surface area contributed by atoms with Gasteiger partial charge in [-0.3, -0.25) is 9.69 Å². The lowest BCUT2D eigenvalue weighted by atomic mass is 10.2. The van der Waals surface area contributed by atoms with Crippen LogP contribution in [0.25, 0.3) is 0 Å². The highest BCUT2D eigenvalue weighted by Crippen LogP contribution is 2.18. The molecule has 0 spiro atoms. The van der Waals surface area contributed by atoms with Gasteiger partial charge in [0.15, 0.2) is 0 Å². The van der Waals surface area contributed by atoms with Crippen LogP contribution >= 0.6 is 15.9 Å². The summed E-state index contributed by atoms with van der Waals surface area (Å²) >= 11 is 3.22. The number of amides is 1. The molecule has 0 saturated carbocycles. The van der Waals surface area contributed by atoms with Gasteiger partial charge in [0, 0.05) is 37.2 Å². The number of hydrogen-bond donors (Lipinski definition) is 0. The molecule has 1 fully saturated rings. The molecule has 0 radical (unpaired) electrons. The first-order valence-corrected chi connectivity index (χ1v) is 8.93. The van der Waals surface area contributed by atoms with Gasteiger partial charge in [0.25, 0.3) is 5.91 Å². The molecule has 2 aromatic rings. The third-order valence-electron chi connectivity index (χ3n) is 4.29. The van der Waals surface area contributed by atoms with E-state index in [9.17, 15) is 9.18 Å². The monoisotopic (exact) mass is 390 g/mol. The zero-order valence-electron chi connectivity index (χ0n) is 13.4. The summed E-state index contributed by atoms with van der Waals surface area (Å²) in [6, 6.07) is 14.9. The van der Waals surface area contributed by atoms with Crippen molar-refractivity contribution in [2.24, 2.45) is 0 Å². The van der Waals surface area contributed by atoms with Gasteiger partial charge >= 0.3 is 0 Å². The molecule has 1 aliphatic heterocycles. The van der Waals surface area contributed by atoms with Crippen LogP contribution in [0.15, 0.2) is 53.0 Å². The Bertz CT molecular complexity index is 708. The third-order valence-corrected chi connectivity index (χ3v) is 4.78. The van der Waals surface area contributed by atoms with E-state index in [2.05, 4.69) is 33.0 Å². The first kappa shape index (κ1) is 17.1. The number of carbonyl (C=O) groups is 1. The zero-order chi connectivity index (χ0) is 16.9. The number of halogens is 2. The maximum absolute atomic E-state index is 14.0. The molecule has 2 aromatic carbocycles. The van der Waals surface area contributed by atoms with E-state index < -0.39 is 5.82 Å². The van der Waals surface area contributed by atoms with Crippen molar-refractivity contribution in [3.05, 3.63) is 69.9 Å². The van der Waals surface area contributed by atoms with Crippen LogP contribution in [-0.2, 0) is 6.54 Å². The second-order valence-electron chi connectivity index (χ2n) is 6.03. The second kappa shape index (κ2) is 7.90. The molecule has 0 unspecified atom stereocenters. The lowest BCUT2D eigenvalue weighted by Crippen LogP contribution is -2.35. The zero-order valence-corrected chi connectivity index (χ0v) is 15.0. The van der Waals surface area contributed by atoms with Gasteiger partial charge in [-0.15, -0.1) is 0 Å². The van der Waals surface area contributed by atoms with Crippen molar-refractivity contribution in [3.8, 4) is 0 Å². The number of hydrogen-bond acceptors (Lipinski definition) is 2. The molecule has 1 aliphatic rings. The smallest absolute Gasteiger partial charge is 0.256 e. The summed E-state index contributed by atoms with van der Waals surface area (Å²) in [4.78, 5) is 16.7. The van der Waals surface area contributed by atoms with Crippen LogP contribution in [0, 0.1) is 5.82 Å². The lowest BCUT2D eigenvalue weighted by molar-refractivity contribution is 0.0756. The summed E-state index contributed by atoms with van der Waals surface area (Å²) < 4.78 is 14.7. The molecule has 1 saturated heterocycles. The summed E-state index contributed by atoms with van der Waals surface area (Å²) in [5.41, 5.74) is 1.42. The average Bonchev–Trinajstić information content (AvgIpc) is 2.81. The van der Waals surface area contributed by atoms with Crippen molar-refractivity contribution in [1.82, 2.24) is 9.80 Å². The van der Waals surface area contributed by atoms with Crippen molar-refractivity contribution in [2.45, 2.75) is 13.0 Å². The van der Waals surface area contributed by atoms with Gasteiger partial charge in [-0.25, -0.2) is 4.39 Å². The predicted molar refractivity (Wildman–Crippen MR) is 96.3 cm³/mol. The molecule has 0 bridgehead atoms. The van der Waals surface area contributed by atoms with Crippen LogP contribution in [0.2, 0.25) is 0 Å². The number of carbonyl (C=O) groups excluding carboxylic acids is 1. The van der Waals surface area contributed by atoms with E-state index in [1.807, 2.05) is 18.2 Å². The molecule has 3 nitrogen and oxygen atoms in total. The fourth-order valence-corrected chi connectivity index (χ4v) is 3.34. The molecule has 1 heterocycles. The van der Waals surface area contributed by atoms with Crippen molar-refractivity contribution >= 4 is 21.8 Å². The molecule has 5 heteroatoms. The quantitative estimate of drug-likeness (QED) is 0.792. The molecule has 0 aromatic heterocycles. The second-order valence-corrected chi connectivity index (χ2v) is 6.95. The van der Waals surface area contributed by atoms with Gasteiger partial charge in [-0.1, -0.05) is 46.3 Å². The Morgan fingerprint density at radius 3 is 2.58 bits per heavy atom. The summed E-state index contributed by atoms with van der Waals surface area (Å²) in [7, 11) is 0. The minimum absolute atomic E-state index is 0.148.